The lowest BCUT2D eigenvalue weighted by Crippen LogP contribution is -2.29. The van der Waals surface area contributed by atoms with Crippen molar-refractivity contribution in [2.24, 2.45) is 0 Å². The lowest BCUT2D eigenvalue weighted by Gasteiger charge is -2.19. The number of amides is 1. The van der Waals surface area contributed by atoms with E-state index in [1.807, 2.05) is 0 Å². The minimum Gasteiger partial charge on any atom is -0.465 e. The Hall–Kier alpha value is -2.81. The number of ether oxygens (including phenoxy) is 1. The summed E-state index contributed by atoms with van der Waals surface area (Å²) < 4.78 is 4.73. The van der Waals surface area contributed by atoms with E-state index in [0.29, 0.717) is 16.4 Å². The first kappa shape index (κ1) is 17.5. The standard InChI is InChI=1S/C15H17N5O3S/c1-20(10-6-4-3-5-9(10)14(22)23-2)13(21)8-24-15-18-11(16)7-12(17)19-15/h3-7H,8H2,1-2H3,(H4,16,17,18,19). The highest BCUT2D eigenvalue weighted by Gasteiger charge is 2.19. The molecule has 1 aromatic carbocycles. The zero-order chi connectivity index (χ0) is 17.7. The van der Waals surface area contributed by atoms with Crippen molar-refractivity contribution in [3.05, 3.63) is 35.9 Å². The van der Waals surface area contributed by atoms with Crippen molar-refractivity contribution in [2.45, 2.75) is 5.16 Å². The Morgan fingerprint density at radius 1 is 1.21 bits per heavy atom. The fourth-order valence-electron chi connectivity index (χ4n) is 1.93. The SMILES string of the molecule is COC(=O)c1ccccc1N(C)C(=O)CSc1nc(N)cc(N)n1. The van der Waals surface area contributed by atoms with Crippen molar-refractivity contribution in [1.82, 2.24) is 9.97 Å². The maximum atomic E-state index is 12.4. The van der Waals surface area contributed by atoms with Crippen LogP contribution in [-0.2, 0) is 9.53 Å². The summed E-state index contributed by atoms with van der Waals surface area (Å²) in [5.41, 5.74) is 12.0. The van der Waals surface area contributed by atoms with Crippen LogP contribution in [0.5, 0.6) is 0 Å². The molecule has 0 unspecified atom stereocenters. The summed E-state index contributed by atoms with van der Waals surface area (Å²) in [6.45, 7) is 0. The maximum absolute atomic E-state index is 12.4. The Morgan fingerprint density at radius 2 is 1.83 bits per heavy atom. The topological polar surface area (TPSA) is 124 Å². The maximum Gasteiger partial charge on any atom is 0.339 e. The van der Waals surface area contributed by atoms with E-state index in [9.17, 15) is 9.59 Å². The molecule has 0 aliphatic rings. The Kier molecular flexibility index (Phi) is 5.59. The predicted molar refractivity (Wildman–Crippen MR) is 92.8 cm³/mol. The number of nitrogens with two attached hydrogens (primary N) is 2. The van der Waals surface area contributed by atoms with Crippen LogP contribution in [0.3, 0.4) is 0 Å². The van der Waals surface area contributed by atoms with Gasteiger partial charge >= 0.3 is 5.97 Å². The molecule has 1 amide bonds. The Bertz CT molecular complexity index is 748. The number of nitrogen functional groups attached to an aromatic ring is 2. The molecule has 1 heterocycles. The second kappa shape index (κ2) is 7.64. The first-order valence-electron chi connectivity index (χ1n) is 6.89. The zero-order valence-electron chi connectivity index (χ0n) is 13.2. The average Bonchev–Trinajstić information content (AvgIpc) is 2.57. The number of esters is 1. The van der Waals surface area contributed by atoms with Gasteiger partial charge in [0.05, 0.1) is 24.1 Å². The summed E-state index contributed by atoms with van der Waals surface area (Å²) in [6, 6.07) is 8.14. The predicted octanol–water partition coefficient (Wildman–Crippen LogP) is 1.18. The molecule has 4 N–H and O–H groups in total. The molecule has 0 fully saturated rings. The summed E-state index contributed by atoms with van der Waals surface area (Å²) in [7, 11) is 2.87. The van der Waals surface area contributed by atoms with Crippen molar-refractivity contribution in [1.29, 1.82) is 0 Å². The zero-order valence-corrected chi connectivity index (χ0v) is 14.0. The number of anilines is 3. The van der Waals surface area contributed by atoms with Gasteiger partial charge in [0, 0.05) is 13.1 Å². The van der Waals surface area contributed by atoms with Crippen LogP contribution in [-0.4, -0.2) is 41.8 Å². The van der Waals surface area contributed by atoms with Gasteiger partial charge in [0.2, 0.25) is 5.91 Å². The first-order valence-corrected chi connectivity index (χ1v) is 7.87. The van der Waals surface area contributed by atoms with Gasteiger partial charge in [0.25, 0.3) is 0 Å². The number of hydrogen-bond donors (Lipinski definition) is 2. The van der Waals surface area contributed by atoms with Crippen LogP contribution in [0.2, 0.25) is 0 Å². The molecule has 0 saturated carbocycles. The first-order chi connectivity index (χ1) is 11.4. The Balaban J connectivity index is 2.11. The quantitative estimate of drug-likeness (QED) is 0.469. The van der Waals surface area contributed by atoms with Gasteiger partial charge in [-0.05, 0) is 12.1 Å². The Labute approximate surface area is 143 Å². The van der Waals surface area contributed by atoms with Gasteiger partial charge in [-0.2, -0.15) is 0 Å². The van der Waals surface area contributed by atoms with Crippen LogP contribution in [0.1, 0.15) is 10.4 Å². The molecular formula is C15H17N5O3S. The van der Waals surface area contributed by atoms with Gasteiger partial charge in [-0.25, -0.2) is 14.8 Å². The van der Waals surface area contributed by atoms with Crippen LogP contribution in [0, 0.1) is 0 Å². The smallest absolute Gasteiger partial charge is 0.339 e. The van der Waals surface area contributed by atoms with E-state index in [4.69, 9.17) is 16.2 Å². The van der Waals surface area contributed by atoms with Crippen LogP contribution in [0.15, 0.2) is 35.5 Å². The highest BCUT2D eigenvalue weighted by Crippen LogP contribution is 2.22. The largest absolute Gasteiger partial charge is 0.465 e. The summed E-state index contributed by atoms with van der Waals surface area (Å²) in [5, 5.41) is 0.315. The number of nitrogens with zero attached hydrogens (tertiary/aromatic N) is 3. The van der Waals surface area contributed by atoms with Gasteiger partial charge in [-0.3, -0.25) is 4.79 Å². The molecule has 8 nitrogen and oxygen atoms in total. The van der Waals surface area contributed by atoms with Crippen LogP contribution >= 0.6 is 11.8 Å². The molecule has 0 spiro atoms. The molecule has 9 heteroatoms. The third-order valence-electron chi connectivity index (χ3n) is 3.11. The van der Waals surface area contributed by atoms with E-state index in [2.05, 4.69) is 9.97 Å². The summed E-state index contributed by atoms with van der Waals surface area (Å²) in [5.74, 6) is -0.205. The van der Waals surface area contributed by atoms with E-state index in [1.54, 1.807) is 31.3 Å². The molecule has 0 radical (unpaired) electrons. The summed E-state index contributed by atoms with van der Waals surface area (Å²) in [6.07, 6.45) is 0. The lowest BCUT2D eigenvalue weighted by molar-refractivity contribution is -0.115. The van der Waals surface area contributed by atoms with E-state index < -0.39 is 5.97 Å². The average molecular weight is 347 g/mol. The highest BCUT2D eigenvalue weighted by atomic mass is 32.2. The van der Waals surface area contributed by atoms with Gasteiger partial charge in [0.1, 0.15) is 11.6 Å². The van der Waals surface area contributed by atoms with Crippen molar-refractivity contribution in [2.75, 3.05) is 36.3 Å². The van der Waals surface area contributed by atoms with E-state index in [-0.39, 0.29) is 23.3 Å². The van der Waals surface area contributed by atoms with Gasteiger partial charge in [-0.1, -0.05) is 23.9 Å². The summed E-state index contributed by atoms with van der Waals surface area (Å²) in [4.78, 5) is 33.6. The second-order valence-corrected chi connectivity index (χ2v) is 5.69. The molecule has 24 heavy (non-hydrogen) atoms. The minimum atomic E-state index is -0.509. The summed E-state index contributed by atoms with van der Waals surface area (Å²) >= 11 is 1.11. The molecule has 2 aromatic rings. The molecule has 0 saturated heterocycles. The molecule has 0 aliphatic carbocycles. The Morgan fingerprint density at radius 3 is 2.46 bits per heavy atom. The van der Waals surface area contributed by atoms with Crippen LogP contribution in [0.25, 0.3) is 0 Å². The molecular weight excluding hydrogens is 330 g/mol. The van der Waals surface area contributed by atoms with E-state index >= 15 is 0 Å². The van der Waals surface area contributed by atoms with Crippen LogP contribution < -0.4 is 16.4 Å². The lowest BCUT2D eigenvalue weighted by atomic mass is 10.1. The van der Waals surface area contributed by atoms with Crippen molar-refractivity contribution >= 4 is 41.0 Å². The number of carbonyl (C=O) groups is 2. The number of benzene rings is 1. The molecule has 0 bridgehead atoms. The van der Waals surface area contributed by atoms with Crippen molar-refractivity contribution in [3.63, 3.8) is 0 Å². The minimum absolute atomic E-state index is 0.0644. The number of thioether (sulfide) groups is 1. The monoisotopic (exact) mass is 347 g/mol. The second-order valence-electron chi connectivity index (χ2n) is 4.75. The number of carbonyl (C=O) groups excluding carboxylic acids is 2. The van der Waals surface area contributed by atoms with E-state index in [0.717, 1.165) is 11.8 Å². The molecule has 2 rings (SSSR count). The van der Waals surface area contributed by atoms with Gasteiger partial charge in [0.15, 0.2) is 5.16 Å². The number of aromatic nitrogens is 2. The molecule has 126 valence electrons. The fourth-order valence-corrected chi connectivity index (χ4v) is 2.72. The van der Waals surface area contributed by atoms with Crippen molar-refractivity contribution < 1.29 is 14.3 Å². The third kappa shape index (κ3) is 4.13. The number of para-hydroxylation sites is 1. The molecule has 0 aliphatic heterocycles. The third-order valence-corrected chi connectivity index (χ3v) is 3.95. The van der Waals surface area contributed by atoms with Crippen LogP contribution in [0.4, 0.5) is 17.3 Å². The van der Waals surface area contributed by atoms with Gasteiger partial charge < -0.3 is 21.1 Å². The highest BCUT2D eigenvalue weighted by molar-refractivity contribution is 7.99. The fraction of sp³-hybridized carbons (Fsp3) is 0.200. The number of hydrogen-bond acceptors (Lipinski definition) is 8. The van der Waals surface area contributed by atoms with E-state index in [1.165, 1.54) is 18.1 Å². The normalized spacial score (nSPS) is 10.2. The molecule has 0 atom stereocenters. The van der Waals surface area contributed by atoms with Crippen molar-refractivity contribution in [3.8, 4) is 0 Å². The number of rotatable bonds is 5. The molecule has 1 aromatic heterocycles. The van der Waals surface area contributed by atoms with Gasteiger partial charge in [-0.15, -0.1) is 0 Å². The number of methoxy groups -OCH3 is 1.